The van der Waals surface area contributed by atoms with Crippen LogP contribution >= 0.6 is 0 Å². The Hall–Kier alpha value is -0.120. The van der Waals surface area contributed by atoms with Gasteiger partial charge in [-0.1, -0.05) is 19.8 Å². The van der Waals surface area contributed by atoms with Crippen LogP contribution < -0.4 is 16.8 Å². The molecule has 0 heterocycles. The summed E-state index contributed by atoms with van der Waals surface area (Å²) in [5, 5.41) is 3.30. The van der Waals surface area contributed by atoms with E-state index in [9.17, 15) is 0 Å². The van der Waals surface area contributed by atoms with Crippen molar-refractivity contribution in [1.29, 1.82) is 0 Å². The normalized spacial score (nSPS) is 13.1. The molecule has 0 rings (SSSR count). The Morgan fingerprint density at radius 1 is 1.07 bits per heavy atom. The van der Waals surface area contributed by atoms with Crippen molar-refractivity contribution in [2.75, 3.05) is 26.2 Å². The first kappa shape index (κ1) is 13.9. The third-order valence-corrected chi connectivity index (χ3v) is 2.59. The molecule has 0 aliphatic rings. The first-order valence-corrected chi connectivity index (χ1v) is 5.96. The van der Waals surface area contributed by atoms with E-state index in [-0.39, 0.29) is 0 Å². The van der Waals surface area contributed by atoms with Crippen LogP contribution in [0.3, 0.4) is 0 Å². The molecule has 0 amide bonds. The number of unbranched alkanes of at least 4 members (excludes halogenated alkanes) is 1. The van der Waals surface area contributed by atoms with Gasteiger partial charge in [-0.15, -0.1) is 0 Å². The first-order valence-electron chi connectivity index (χ1n) is 5.96. The molecule has 0 saturated carbocycles. The lowest BCUT2D eigenvalue weighted by Gasteiger charge is -2.13. The molecule has 0 aliphatic heterocycles. The molecular formula is C11H27N3. The lowest BCUT2D eigenvalue weighted by molar-refractivity contribution is 0.425. The smallest absolute Gasteiger partial charge is 0.00745 e. The molecule has 0 aromatic rings. The summed E-state index contributed by atoms with van der Waals surface area (Å²) in [6.45, 7) is 5.82. The highest BCUT2D eigenvalue weighted by Gasteiger charge is 2.04. The fourth-order valence-corrected chi connectivity index (χ4v) is 1.62. The highest BCUT2D eigenvalue weighted by molar-refractivity contribution is 4.61. The fraction of sp³-hybridized carbons (Fsp3) is 1.00. The molecule has 0 bridgehead atoms. The van der Waals surface area contributed by atoms with Crippen molar-refractivity contribution in [3.05, 3.63) is 0 Å². The van der Waals surface area contributed by atoms with Crippen LogP contribution in [-0.4, -0.2) is 26.2 Å². The van der Waals surface area contributed by atoms with Gasteiger partial charge in [0.1, 0.15) is 0 Å². The SMILES string of the molecule is CCCCC(CN)CCCNCCN. The summed E-state index contributed by atoms with van der Waals surface area (Å²) in [7, 11) is 0. The Bertz CT molecular complexity index is 107. The predicted molar refractivity (Wildman–Crippen MR) is 63.2 cm³/mol. The van der Waals surface area contributed by atoms with E-state index in [0.717, 1.165) is 32.1 Å². The Kier molecular flexibility index (Phi) is 10.9. The molecule has 3 heteroatoms. The van der Waals surface area contributed by atoms with Gasteiger partial charge < -0.3 is 16.8 Å². The van der Waals surface area contributed by atoms with E-state index in [4.69, 9.17) is 11.5 Å². The van der Waals surface area contributed by atoms with Gasteiger partial charge in [0.2, 0.25) is 0 Å². The lowest BCUT2D eigenvalue weighted by atomic mass is 9.97. The molecule has 1 atom stereocenters. The van der Waals surface area contributed by atoms with Gasteiger partial charge in [0.25, 0.3) is 0 Å². The summed E-state index contributed by atoms with van der Waals surface area (Å²) in [4.78, 5) is 0. The van der Waals surface area contributed by atoms with Crippen LogP contribution in [0, 0.1) is 5.92 Å². The van der Waals surface area contributed by atoms with Gasteiger partial charge in [0.05, 0.1) is 0 Å². The van der Waals surface area contributed by atoms with Crippen molar-refractivity contribution in [2.45, 2.75) is 39.0 Å². The van der Waals surface area contributed by atoms with Crippen molar-refractivity contribution in [1.82, 2.24) is 5.32 Å². The molecule has 0 spiro atoms. The predicted octanol–water partition coefficient (Wildman–Crippen LogP) is 1.08. The molecule has 14 heavy (non-hydrogen) atoms. The minimum atomic E-state index is 0.731. The van der Waals surface area contributed by atoms with Gasteiger partial charge in [-0.2, -0.15) is 0 Å². The van der Waals surface area contributed by atoms with Crippen molar-refractivity contribution >= 4 is 0 Å². The summed E-state index contributed by atoms with van der Waals surface area (Å²) in [6.07, 6.45) is 6.38. The van der Waals surface area contributed by atoms with Crippen LogP contribution in [0.4, 0.5) is 0 Å². The van der Waals surface area contributed by atoms with Crippen LogP contribution in [0.2, 0.25) is 0 Å². The van der Waals surface area contributed by atoms with Crippen LogP contribution in [0.1, 0.15) is 39.0 Å². The average Bonchev–Trinajstić information content (AvgIpc) is 2.22. The zero-order valence-electron chi connectivity index (χ0n) is 9.60. The molecular weight excluding hydrogens is 174 g/mol. The third kappa shape index (κ3) is 8.48. The van der Waals surface area contributed by atoms with Crippen molar-refractivity contribution in [3.8, 4) is 0 Å². The molecule has 0 saturated heterocycles. The quantitative estimate of drug-likeness (QED) is 0.463. The van der Waals surface area contributed by atoms with E-state index >= 15 is 0 Å². The van der Waals surface area contributed by atoms with E-state index in [1.807, 2.05) is 0 Å². The number of rotatable bonds is 10. The van der Waals surface area contributed by atoms with Crippen LogP contribution in [-0.2, 0) is 0 Å². The van der Waals surface area contributed by atoms with Gasteiger partial charge in [-0.05, 0) is 38.3 Å². The summed E-state index contributed by atoms with van der Waals surface area (Å²) < 4.78 is 0. The summed E-state index contributed by atoms with van der Waals surface area (Å²) in [5.74, 6) is 0.731. The lowest BCUT2D eigenvalue weighted by Crippen LogP contribution is -2.24. The molecule has 3 nitrogen and oxygen atoms in total. The van der Waals surface area contributed by atoms with Gasteiger partial charge in [0.15, 0.2) is 0 Å². The van der Waals surface area contributed by atoms with Gasteiger partial charge in [-0.3, -0.25) is 0 Å². The van der Waals surface area contributed by atoms with Crippen LogP contribution in [0.25, 0.3) is 0 Å². The fourth-order valence-electron chi connectivity index (χ4n) is 1.62. The highest BCUT2D eigenvalue weighted by atomic mass is 14.9. The van der Waals surface area contributed by atoms with Crippen molar-refractivity contribution in [3.63, 3.8) is 0 Å². The van der Waals surface area contributed by atoms with Gasteiger partial charge in [0, 0.05) is 13.1 Å². The van der Waals surface area contributed by atoms with E-state index < -0.39 is 0 Å². The van der Waals surface area contributed by atoms with E-state index in [1.54, 1.807) is 0 Å². The maximum atomic E-state index is 5.71. The standard InChI is InChI=1S/C11H27N3/c1-2-3-5-11(10-13)6-4-8-14-9-7-12/h11,14H,2-10,12-13H2,1H3. The molecule has 1 unspecified atom stereocenters. The van der Waals surface area contributed by atoms with Gasteiger partial charge in [-0.25, -0.2) is 0 Å². The largest absolute Gasteiger partial charge is 0.330 e. The molecule has 0 aliphatic carbocycles. The Morgan fingerprint density at radius 3 is 2.36 bits per heavy atom. The topological polar surface area (TPSA) is 64.1 Å². The second-order valence-corrected chi connectivity index (χ2v) is 3.92. The Balaban J connectivity index is 3.24. The Morgan fingerprint density at radius 2 is 1.79 bits per heavy atom. The molecule has 0 radical (unpaired) electrons. The third-order valence-electron chi connectivity index (χ3n) is 2.59. The monoisotopic (exact) mass is 201 g/mol. The Labute approximate surface area is 88.6 Å². The summed E-state index contributed by atoms with van der Waals surface area (Å²) in [5.41, 5.74) is 11.1. The number of hydrogen-bond acceptors (Lipinski definition) is 3. The average molecular weight is 201 g/mol. The molecule has 0 aromatic heterocycles. The molecule has 5 N–H and O–H groups in total. The second kappa shape index (κ2) is 11.0. The summed E-state index contributed by atoms with van der Waals surface area (Å²) in [6, 6.07) is 0. The minimum absolute atomic E-state index is 0.731. The van der Waals surface area contributed by atoms with E-state index in [0.29, 0.717) is 0 Å². The molecule has 0 fully saturated rings. The zero-order chi connectivity index (χ0) is 10.6. The number of hydrogen-bond donors (Lipinski definition) is 3. The molecule has 86 valence electrons. The van der Waals surface area contributed by atoms with Crippen molar-refractivity contribution in [2.24, 2.45) is 17.4 Å². The van der Waals surface area contributed by atoms with Gasteiger partial charge >= 0.3 is 0 Å². The number of nitrogens with one attached hydrogen (secondary N) is 1. The molecule has 0 aromatic carbocycles. The first-order chi connectivity index (χ1) is 6.85. The van der Waals surface area contributed by atoms with Crippen LogP contribution in [0.5, 0.6) is 0 Å². The maximum absolute atomic E-state index is 5.71. The zero-order valence-corrected chi connectivity index (χ0v) is 9.60. The van der Waals surface area contributed by atoms with E-state index in [1.165, 1.54) is 32.1 Å². The van der Waals surface area contributed by atoms with E-state index in [2.05, 4.69) is 12.2 Å². The highest BCUT2D eigenvalue weighted by Crippen LogP contribution is 2.12. The van der Waals surface area contributed by atoms with Crippen molar-refractivity contribution < 1.29 is 0 Å². The summed E-state index contributed by atoms with van der Waals surface area (Å²) >= 11 is 0. The number of nitrogens with two attached hydrogens (primary N) is 2. The second-order valence-electron chi connectivity index (χ2n) is 3.92. The maximum Gasteiger partial charge on any atom is 0.00745 e. The van der Waals surface area contributed by atoms with Crippen LogP contribution in [0.15, 0.2) is 0 Å². The minimum Gasteiger partial charge on any atom is -0.330 e.